The molecule has 2 aromatic rings. The van der Waals surface area contributed by atoms with Crippen LogP contribution >= 0.6 is 24.0 Å². The van der Waals surface area contributed by atoms with Crippen molar-refractivity contribution in [2.45, 2.75) is 0 Å². The van der Waals surface area contributed by atoms with Crippen LogP contribution in [0.15, 0.2) is 52.1 Å². The first-order valence-electron chi connectivity index (χ1n) is 8.90. The van der Waals surface area contributed by atoms with E-state index in [1.165, 1.54) is 24.5 Å². The van der Waals surface area contributed by atoms with Crippen LogP contribution in [0.1, 0.15) is 10.6 Å². The average molecular weight is 515 g/mol. The third kappa shape index (κ3) is 6.17. The van der Waals surface area contributed by atoms with E-state index in [1.807, 2.05) is 4.90 Å². The summed E-state index contributed by atoms with van der Waals surface area (Å²) in [5, 5.41) is 5.62. The first-order valence-corrected chi connectivity index (χ1v) is 8.90. The number of halogens is 2. The van der Waals surface area contributed by atoms with E-state index in [1.54, 1.807) is 30.1 Å². The summed E-state index contributed by atoms with van der Waals surface area (Å²) in [7, 11) is 1.63. The summed E-state index contributed by atoms with van der Waals surface area (Å²) in [6.45, 7) is 2.20. The van der Waals surface area contributed by atoms with Gasteiger partial charge in [0, 0.05) is 38.9 Å². The van der Waals surface area contributed by atoms with Crippen LogP contribution in [0, 0.1) is 5.82 Å². The number of rotatable bonds is 4. The molecule has 0 bridgehead atoms. The summed E-state index contributed by atoms with van der Waals surface area (Å²) in [5.41, 5.74) is 0.395. The molecule has 156 valence electrons. The Hall–Kier alpha value is -2.63. The van der Waals surface area contributed by atoms with Crippen LogP contribution in [0.4, 0.5) is 10.1 Å². The van der Waals surface area contributed by atoms with Crippen LogP contribution in [0.5, 0.6) is 0 Å². The van der Waals surface area contributed by atoms with E-state index in [0.29, 0.717) is 43.6 Å². The van der Waals surface area contributed by atoms with E-state index in [0.717, 1.165) is 0 Å². The van der Waals surface area contributed by atoms with E-state index in [2.05, 4.69) is 15.6 Å². The predicted molar refractivity (Wildman–Crippen MR) is 118 cm³/mol. The van der Waals surface area contributed by atoms with Crippen LogP contribution in [-0.2, 0) is 4.79 Å². The maximum atomic E-state index is 13.2. The lowest BCUT2D eigenvalue weighted by molar-refractivity contribution is -0.115. The van der Waals surface area contributed by atoms with Gasteiger partial charge >= 0.3 is 0 Å². The van der Waals surface area contributed by atoms with Crippen molar-refractivity contribution in [2.24, 2.45) is 4.99 Å². The second kappa shape index (κ2) is 10.8. The van der Waals surface area contributed by atoms with E-state index in [-0.39, 0.29) is 42.3 Å². The number of guanidine groups is 1. The summed E-state index contributed by atoms with van der Waals surface area (Å²) in [4.78, 5) is 32.3. The highest BCUT2D eigenvalue weighted by molar-refractivity contribution is 14.0. The zero-order chi connectivity index (χ0) is 19.9. The van der Waals surface area contributed by atoms with Gasteiger partial charge in [-0.3, -0.25) is 14.6 Å². The van der Waals surface area contributed by atoms with Gasteiger partial charge in [-0.05, 0) is 30.3 Å². The third-order valence-electron chi connectivity index (χ3n) is 4.33. The minimum atomic E-state index is -0.413. The van der Waals surface area contributed by atoms with E-state index >= 15 is 0 Å². The summed E-state index contributed by atoms with van der Waals surface area (Å²) < 4.78 is 18.3. The molecule has 29 heavy (non-hydrogen) atoms. The fourth-order valence-corrected chi connectivity index (χ4v) is 2.94. The van der Waals surface area contributed by atoms with Gasteiger partial charge in [-0.15, -0.1) is 24.0 Å². The highest BCUT2D eigenvalue weighted by Crippen LogP contribution is 2.10. The Bertz CT molecular complexity index is 851. The molecule has 0 unspecified atom stereocenters. The van der Waals surface area contributed by atoms with Crippen molar-refractivity contribution in [1.82, 2.24) is 15.1 Å². The SMILES string of the molecule is CN=C(NCC(=O)Nc1cccc(F)c1)N1CCN(C(=O)c2ccco2)CC1.I. The van der Waals surface area contributed by atoms with Crippen molar-refractivity contribution in [1.29, 1.82) is 0 Å². The van der Waals surface area contributed by atoms with Gasteiger partial charge in [-0.2, -0.15) is 0 Å². The maximum Gasteiger partial charge on any atom is 0.289 e. The quantitative estimate of drug-likeness (QED) is 0.370. The molecule has 8 nitrogen and oxygen atoms in total. The van der Waals surface area contributed by atoms with Gasteiger partial charge in [0.25, 0.3) is 5.91 Å². The topological polar surface area (TPSA) is 90.2 Å². The third-order valence-corrected chi connectivity index (χ3v) is 4.33. The maximum absolute atomic E-state index is 13.2. The molecule has 0 atom stereocenters. The van der Waals surface area contributed by atoms with Crippen LogP contribution in [-0.4, -0.2) is 67.3 Å². The molecule has 1 fully saturated rings. The second-order valence-corrected chi connectivity index (χ2v) is 6.22. The normalized spacial score (nSPS) is 14.2. The van der Waals surface area contributed by atoms with Crippen LogP contribution in [0.3, 0.4) is 0 Å². The number of aliphatic imine (C=N–C) groups is 1. The van der Waals surface area contributed by atoms with Gasteiger partial charge in [0.15, 0.2) is 11.7 Å². The Morgan fingerprint density at radius 2 is 1.86 bits per heavy atom. The summed E-state index contributed by atoms with van der Waals surface area (Å²) in [6, 6.07) is 9.04. The number of nitrogens with one attached hydrogen (secondary N) is 2. The lowest BCUT2D eigenvalue weighted by Crippen LogP contribution is -2.54. The zero-order valence-corrected chi connectivity index (χ0v) is 18.3. The van der Waals surface area contributed by atoms with Crippen LogP contribution < -0.4 is 10.6 Å². The first kappa shape index (κ1) is 22.7. The molecule has 0 aliphatic carbocycles. The molecule has 10 heteroatoms. The number of carbonyl (C=O) groups excluding carboxylic acids is 2. The zero-order valence-electron chi connectivity index (χ0n) is 15.9. The van der Waals surface area contributed by atoms with E-state index < -0.39 is 5.82 Å². The Morgan fingerprint density at radius 3 is 2.48 bits per heavy atom. The minimum absolute atomic E-state index is 0. The van der Waals surface area contributed by atoms with Crippen LogP contribution in [0.2, 0.25) is 0 Å². The van der Waals surface area contributed by atoms with Crippen molar-refractivity contribution in [2.75, 3.05) is 45.1 Å². The molecule has 1 saturated heterocycles. The van der Waals surface area contributed by atoms with Crippen molar-refractivity contribution in [3.05, 3.63) is 54.2 Å². The Balaban J connectivity index is 0.00000300. The number of hydrogen-bond acceptors (Lipinski definition) is 4. The van der Waals surface area contributed by atoms with Gasteiger partial charge in [0.05, 0.1) is 12.8 Å². The number of hydrogen-bond donors (Lipinski definition) is 2. The highest BCUT2D eigenvalue weighted by atomic mass is 127. The minimum Gasteiger partial charge on any atom is -0.459 e. The molecule has 0 spiro atoms. The van der Waals surface area contributed by atoms with E-state index in [9.17, 15) is 14.0 Å². The number of anilines is 1. The smallest absolute Gasteiger partial charge is 0.289 e. The number of carbonyl (C=O) groups is 2. The molecule has 2 N–H and O–H groups in total. The molecule has 0 radical (unpaired) electrons. The van der Waals surface area contributed by atoms with E-state index in [4.69, 9.17) is 4.42 Å². The molecule has 1 aromatic heterocycles. The molecule has 1 aromatic carbocycles. The fourth-order valence-electron chi connectivity index (χ4n) is 2.94. The molecular formula is C19H23FIN5O3. The largest absolute Gasteiger partial charge is 0.459 e. The number of furan rings is 1. The fraction of sp³-hybridized carbons (Fsp3) is 0.316. The average Bonchev–Trinajstić information content (AvgIpc) is 3.23. The standard InChI is InChI=1S/C19H22FN5O3.HI/c1-21-19(22-13-17(26)23-15-5-2-4-14(20)12-15)25-9-7-24(8-10-25)18(27)16-6-3-11-28-16;/h2-6,11-12H,7-10,13H2,1H3,(H,21,22)(H,23,26);1H. The first-order chi connectivity index (χ1) is 13.6. The Kier molecular flexibility index (Phi) is 8.43. The van der Waals surface area contributed by atoms with Crippen molar-refractivity contribution >= 4 is 47.4 Å². The summed E-state index contributed by atoms with van der Waals surface area (Å²) in [6.07, 6.45) is 1.48. The lowest BCUT2D eigenvalue weighted by atomic mass is 10.3. The molecule has 1 aliphatic heterocycles. The van der Waals surface area contributed by atoms with Gasteiger partial charge in [-0.1, -0.05) is 6.07 Å². The van der Waals surface area contributed by atoms with Crippen molar-refractivity contribution < 1.29 is 18.4 Å². The molecule has 0 saturated carbocycles. The van der Waals surface area contributed by atoms with Crippen molar-refractivity contribution in [3.8, 4) is 0 Å². The predicted octanol–water partition coefficient (Wildman–Crippen LogP) is 2.01. The second-order valence-electron chi connectivity index (χ2n) is 6.22. The Labute approximate surface area is 185 Å². The number of nitrogens with zero attached hydrogens (tertiary/aromatic N) is 3. The molecule has 1 aliphatic rings. The number of piperazine rings is 1. The summed E-state index contributed by atoms with van der Waals surface area (Å²) >= 11 is 0. The number of benzene rings is 1. The molecule has 2 heterocycles. The molecular weight excluding hydrogens is 492 g/mol. The molecule has 3 rings (SSSR count). The van der Waals surface area contributed by atoms with Crippen molar-refractivity contribution in [3.63, 3.8) is 0 Å². The Morgan fingerprint density at radius 1 is 1.14 bits per heavy atom. The van der Waals surface area contributed by atoms with Gasteiger partial charge in [0.1, 0.15) is 5.82 Å². The monoisotopic (exact) mass is 515 g/mol. The van der Waals surface area contributed by atoms with Gasteiger partial charge in [-0.25, -0.2) is 4.39 Å². The number of amides is 2. The molecule has 2 amide bonds. The lowest BCUT2D eigenvalue weighted by Gasteiger charge is -2.36. The highest BCUT2D eigenvalue weighted by Gasteiger charge is 2.25. The van der Waals surface area contributed by atoms with Crippen LogP contribution in [0.25, 0.3) is 0 Å². The van der Waals surface area contributed by atoms with Gasteiger partial charge < -0.3 is 24.9 Å². The summed E-state index contributed by atoms with van der Waals surface area (Å²) in [5.74, 6) is 0.0356. The van der Waals surface area contributed by atoms with Gasteiger partial charge in [0.2, 0.25) is 5.91 Å².